The molecule has 0 aromatic heterocycles. The summed E-state index contributed by atoms with van der Waals surface area (Å²) in [5.74, 6) is -2.62. The van der Waals surface area contributed by atoms with Crippen molar-refractivity contribution in [3.63, 3.8) is 0 Å². The predicted molar refractivity (Wildman–Crippen MR) is 84.0 cm³/mol. The van der Waals surface area contributed by atoms with E-state index >= 15 is 0 Å². The first-order valence-corrected chi connectivity index (χ1v) is 8.19. The minimum atomic E-state index is -0.915. The van der Waals surface area contributed by atoms with Crippen molar-refractivity contribution in [2.75, 3.05) is 6.61 Å². The molecule has 0 spiro atoms. The molecule has 0 heterocycles. The molecule has 1 rings (SSSR count). The van der Waals surface area contributed by atoms with Gasteiger partial charge in [0.1, 0.15) is 17.2 Å². The Labute approximate surface area is 131 Å². The van der Waals surface area contributed by atoms with Crippen LogP contribution in [0.2, 0.25) is 0 Å². The maximum atomic E-state index is 13.7. The summed E-state index contributed by atoms with van der Waals surface area (Å²) in [4.78, 5) is 11.7. The predicted octanol–water partition coefficient (Wildman–Crippen LogP) is 5.57. The van der Waals surface area contributed by atoms with Gasteiger partial charge in [0.05, 0.1) is 6.61 Å². The van der Waals surface area contributed by atoms with Gasteiger partial charge in [0, 0.05) is 0 Å². The Hall–Kier alpha value is -1.45. The molecule has 0 amide bonds. The van der Waals surface area contributed by atoms with Gasteiger partial charge in [-0.15, -0.1) is 0 Å². The number of carbonyl (C=O) groups is 1. The molecular formula is C18H26F2O2. The molecule has 0 atom stereocenters. The number of benzene rings is 1. The van der Waals surface area contributed by atoms with Crippen LogP contribution in [0.1, 0.15) is 74.2 Å². The second-order valence-electron chi connectivity index (χ2n) is 5.66. The Morgan fingerprint density at radius 3 is 2.23 bits per heavy atom. The molecule has 0 aliphatic rings. The van der Waals surface area contributed by atoms with Crippen molar-refractivity contribution in [3.8, 4) is 0 Å². The van der Waals surface area contributed by atoms with Gasteiger partial charge in [0.2, 0.25) is 0 Å². The van der Waals surface area contributed by atoms with E-state index in [4.69, 9.17) is 4.74 Å². The molecule has 0 saturated carbocycles. The third kappa shape index (κ3) is 6.12. The van der Waals surface area contributed by atoms with Crippen LogP contribution >= 0.6 is 0 Å². The highest BCUT2D eigenvalue weighted by atomic mass is 19.1. The first-order chi connectivity index (χ1) is 10.6. The Bertz CT molecular complexity index is 472. The van der Waals surface area contributed by atoms with Crippen LogP contribution in [0.3, 0.4) is 0 Å². The van der Waals surface area contributed by atoms with E-state index < -0.39 is 23.2 Å². The minimum Gasteiger partial charge on any atom is -0.462 e. The highest BCUT2D eigenvalue weighted by Crippen LogP contribution is 2.17. The largest absolute Gasteiger partial charge is 0.462 e. The molecule has 0 N–H and O–H groups in total. The number of hydrogen-bond acceptors (Lipinski definition) is 2. The zero-order valence-corrected chi connectivity index (χ0v) is 13.6. The van der Waals surface area contributed by atoms with Gasteiger partial charge in [-0.3, -0.25) is 0 Å². The van der Waals surface area contributed by atoms with Crippen LogP contribution in [0.25, 0.3) is 0 Å². The molecule has 2 nitrogen and oxygen atoms in total. The quantitative estimate of drug-likeness (QED) is 0.417. The summed E-state index contributed by atoms with van der Waals surface area (Å²) in [5, 5.41) is 0. The van der Waals surface area contributed by atoms with E-state index in [2.05, 4.69) is 6.92 Å². The molecule has 0 aliphatic heterocycles. The summed E-state index contributed by atoms with van der Waals surface area (Å²) in [7, 11) is 0. The van der Waals surface area contributed by atoms with E-state index in [1.54, 1.807) is 0 Å². The number of hydrogen-bond donors (Lipinski definition) is 0. The molecule has 0 bridgehead atoms. The monoisotopic (exact) mass is 312 g/mol. The lowest BCUT2D eigenvalue weighted by Crippen LogP contribution is -2.12. The number of carbonyl (C=O) groups excluding carboxylic acids is 1. The van der Waals surface area contributed by atoms with Crippen molar-refractivity contribution < 1.29 is 18.3 Å². The molecular weight excluding hydrogens is 286 g/mol. The Balaban J connectivity index is 2.23. The SMILES string of the molecule is CCCCCCCCCCOC(=O)c1c(F)ccc(C)c1F. The fourth-order valence-corrected chi connectivity index (χ4v) is 2.32. The third-order valence-corrected chi connectivity index (χ3v) is 3.72. The summed E-state index contributed by atoms with van der Waals surface area (Å²) in [6.07, 6.45) is 9.04. The van der Waals surface area contributed by atoms with Gasteiger partial charge >= 0.3 is 5.97 Å². The Morgan fingerprint density at radius 1 is 1.00 bits per heavy atom. The summed E-state index contributed by atoms with van der Waals surface area (Å²) in [6.45, 7) is 3.89. The first-order valence-electron chi connectivity index (χ1n) is 8.19. The molecule has 1 aromatic carbocycles. The standard InChI is InChI=1S/C18H26F2O2/c1-3-4-5-6-7-8-9-10-13-22-18(21)16-15(19)12-11-14(2)17(16)20/h11-12H,3-10,13H2,1-2H3. The topological polar surface area (TPSA) is 26.3 Å². The molecule has 22 heavy (non-hydrogen) atoms. The lowest BCUT2D eigenvalue weighted by molar-refractivity contribution is 0.0486. The van der Waals surface area contributed by atoms with Crippen LogP contribution < -0.4 is 0 Å². The fraction of sp³-hybridized carbons (Fsp3) is 0.611. The number of esters is 1. The van der Waals surface area contributed by atoms with Gasteiger partial charge in [0.15, 0.2) is 0 Å². The average molecular weight is 312 g/mol. The maximum absolute atomic E-state index is 13.7. The molecule has 0 saturated heterocycles. The maximum Gasteiger partial charge on any atom is 0.344 e. The molecule has 0 aliphatic carbocycles. The van der Waals surface area contributed by atoms with Crippen LogP contribution in [-0.4, -0.2) is 12.6 Å². The number of aryl methyl sites for hydroxylation is 1. The first kappa shape index (κ1) is 18.6. The van der Waals surface area contributed by atoms with E-state index in [-0.39, 0.29) is 12.2 Å². The average Bonchev–Trinajstić information content (AvgIpc) is 2.50. The lowest BCUT2D eigenvalue weighted by atomic mass is 10.1. The molecule has 0 fully saturated rings. The lowest BCUT2D eigenvalue weighted by Gasteiger charge is -2.08. The zero-order valence-electron chi connectivity index (χ0n) is 13.6. The number of rotatable bonds is 10. The molecule has 4 heteroatoms. The van der Waals surface area contributed by atoms with Crippen molar-refractivity contribution in [2.45, 2.75) is 65.2 Å². The van der Waals surface area contributed by atoms with E-state index in [1.165, 1.54) is 45.1 Å². The minimum absolute atomic E-state index is 0.209. The number of ether oxygens (including phenoxy) is 1. The van der Waals surface area contributed by atoms with Crippen LogP contribution in [0.4, 0.5) is 8.78 Å². The second-order valence-corrected chi connectivity index (χ2v) is 5.66. The molecule has 0 unspecified atom stereocenters. The third-order valence-electron chi connectivity index (χ3n) is 3.72. The van der Waals surface area contributed by atoms with Gasteiger partial charge in [-0.2, -0.15) is 0 Å². The van der Waals surface area contributed by atoms with Crippen LogP contribution in [0.5, 0.6) is 0 Å². The van der Waals surface area contributed by atoms with Crippen LogP contribution in [-0.2, 0) is 4.74 Å². The smallest absolute Gasteiger partial charge is 0.344 e. The van der Waals surface area contributed by atoms with Gasteiger partial charge < -0.3 is 4.74 Å². The van der Waals surface area contributed by atoms with Crippen LogP contribution in [0, 0.1) is 18.6 Å². The zero-order chi connectivity index (χ0) is 16.4. The summed E-state index contributed by atoms with van der Waals surface area (Å²) >= 11 is 0. The summed E-state index contributed by atoms with van der Waals surface area (Å²) < 4.78 is 32.2. The summed E-state index contributed by atoms with van der Waals surface area (Å²) in [5.41, 5.74) is -0.347. The van der Waals surface area contributed by atoms with Crippen molar-refractivity contribution in [1.29, 1.82) is 0 Å². The van der Waals surface area contributed by atoms with Gasteiger partial charge in [-0.1, -0.05) is 57.9 Å². The second kappa shape index (κ2) is 10.3. The van der Waals surface area contributed by atoms with Gasteiger partial charge in [0.25, 0.3) is 0 Å². The highest BCUT2D eigenvalue weighted by Gasteiger charge is 2.20. The van der Waals surface area contributed by atoms with Crippen LogP contribution in [0.15, 0.2) is 12.1 Å². The summed E-state index contributed by atoms with van der Waals surface area (Å²) in [6, 6.07) is 2.39. The van der Waals surface area contributed by atoms with Crippen molar-refractivity contribution in [1.82, 2.24) is 0 Å². The van der Waals surface area contributed by atoms with Gasteiger partial charge in [-0.05, 0) is 25.0 Å². The van der Waals surface area contributed by atoms with E-state index in [1.807, 2.05) is 0 Å². The van der Waals surface area contributed by atoms with E-state index in [0.717, 1.165) is 25.3 Å². The molecule has 0 radical (unpaired) electrons. The molecule has 124 valence electrons. The fourth-order valence-electron chi connectivity index (χ4n) is 2.32. The Morgan fingerprint density at radius 2 is 1.59 bits per heavy atom. The van der Waals surface area contributed by atoms with Crippen molar-refractivity contribution in [2.24, 2.45) is 0 Å². The number of halogens is 2. The van der Waals surface area contributed by atoms with Crippen molar-refractivity contribution >= 4 is 5.97 Å². The number of unbranched alkanes of at least 4 members (excludes halogenated alkanes) is 7. The van der Waals surface area contributed by atoms with Gasteiger partial charge in [-0.25, -0.2) is 13.6 Å². The van der Waals surface area contributed by atoms with Crippen molar-refractivity contribution in [3.05, 3.63) is 34.9 Å². The van der Waals surface area contributed by atoms with E-state index in [0.29, 0.717) is 0 Å². The molecule has 1 aromatic rings. The Kier molecular flexibility index (Phi) is 8.71. The highest BCUT2D eigenvalue weighted by molar-refractivity contribution is 5.90. The van der Waals surface area contributed by atoms with E-state index in [9.17, 15) is 13.6 Å². The normalized spacial score (nSPS) is 10.7.